The van der Waals surface area contributed by atoms with E-state index in [2.05, 4.69) is 29.4 Å². The highest BCUT2D eigenvalue weighted by Crippen LogP contribution is 2.32. The summed E-state index contributed by atoms with van der Waals surface area (Å²) in [5.41, 5.74) is 1.03. The minimum atomic E-state index is -0.356. The van der Waals surface area contributed by atoms with Crippen molar-refractivity contribution in [1.29, 1.82) is 0 Å². The number of carbonyl (C=O) groups is 1. The summed E-state index contributed by atoms with van der Waals surface area (Å²) in [7, 11) is 0. The SMILES string of the molecule is CSc1ccc2nc(N3CCOC(C(=O)N4CCCC4)C3)sc2c1. The monoisotopic (exact) mass is 363 g/mol. The number of amides is 1. The van der Waals surface area contributed by atoms with Gasteiger partial charge in [-0.1, -0.05) is 11.3 Å². The summed E-state index contributed by atoms with van der Waals surface area (Å²) in [6.45, 7) is 3.72. The molecule has 7 heteroatoms. The lowest BCUT2D eigenvalue weighted by molar-refractivity contribution is -0.143. The molecule has 1 unspecified atom stereocenters. The lowest BCUT2D eigenvalue weighted by Gasteiger charge is -2.33. The first-order valence-corrected chi connectivity index (χ1v) is 10.4. The largest absolute Gasteiger partial charge is 0.365 e. The molecule has 2 saturated heterocycles. The minimum absolute atomic E-state index is 0.142. The third-order valence-electron chi connectivity index (χ3n) is 4.61. The number of thiazole rings is 1. The van der Waals surface area contributed by atoms with Gasteiger partial charge in [0.2, 0.25) is 0 Å². The average Bonchev–Trinajstić information content (AvgIpc) is 3.30. The van der Waals surface area contributed by atoms with Gasteiger partial charge in [0.25, 0.3) is 5.91 Å². The van der Waals surface area contributed by atoms with Crippen LogP contribution in [0.15, 0.2) is 23.1 Å². The van der Waals surface area contributed by atoms with E-state index in [0.29, 0.717) is 13.2 Å². The number of hydrogen-bond donors (Lipinski definition) is 0. The average molecular weight is 364 g/mol. The summed E-state index contributed by atoms with van der Waals surface area (Å²) in [5, 5.41) is 0.991. The molecule has 0 radical (unpaired) electrons. The maximum Gasteiger partial charge on any atom is 0.253 e. The maximum absolute atomic E-state index is 12.6. The van der Waals surface area contributed by atoms with Gasteiger partial charge in [-0.3, -0.25) is 4.79 Å². The molecule has 2 aliphatic rings. The molecule has 0 saturated carbocycles. The predicted octanol–water partition coefficient (Wildman–Crippen LogP) is 2.85. The molecule has 0 N–H and O–H groups in total. The van der Waals surface area contributed by atoms with Crippen molar-refractivity contribution in [2.24, 2.45) is 0 Å². The predicted molar refractivity (Wildman–Crippen MR) is 99.2 cm³/mol. The Bertz CT molecular complexity index is 743. The number of aromatic nitrogens is 1. The standard InChI is InChI=1S/C17H21N3O2S2/c1-23-12-4-5-13-15(10-12)24-17(18-13)20-8-9-22-14(11-20)16(21)19-6-2-3-7-19/h4-5,10,14H,2-3,6-9,11H2,1H3. The van der Waals surface area contributed by atoms with Crippen LogP contribution in [0.1, 0.15) is 12.8 Å². The second-order valence-electron chi connectivity index (χ2n) is 6.17. The number of nitrogens with zero attached hydrogens (tertiary/aromatic N) is 3. The number of anilines is 1. The van der Waals surface area contributed by atoms with E-state index in [-0.39, 0.29) is 12.0 Å². The van der Waals surface area contributed by atoms with Crippen LogP contribution in [-0.2, 0) is 9.53 Å². The molecular formula is C17H21N3O2S2. The molecule has 2 fully saturated rings. The van der Waals surface area contributed by atoms with E-state index < -0.39 is 0 Å². The van der Waals surface area contributed by atoms with Crippen molar-refractivity contribution < 1.29 is 9.53 Å². The maximum atomic E-state index is 12.6. The Kier molecular flexibility index (Phi) is 4.65. The van der Waals surface area contributed by atoms with E-state index in [4.69, 9.17) is 9.72 Å². The third-order valence-corrected chi connectivity index (χ3v) is 6.42. The molecule has 1 aromatic heterocycles. The van der Waals surface area contributed by atoms with E-state index in [1.165, 1.54) is 9.60 Å². The van der Waals surface area contributed by atoms with Crippen LogP contribution >= 0.6 is 23.1 Å². The first-order chi connectivity index (χ1) is 11.7. The number of rotatable bonds is 3. The normalized spacial score (nSPS) is 21.6. The highest BCUT2D eigenvalue weighted by Gasteiger charge is 2.32. The Morgan fingerprint density at radius 2 is 2.17 bits per heavy atom. The molecule has 1 amide bonds. The molecule has 0 bridgehead atoms. The van der Waals surface area contributed by atoms with Gasteiger partial charge in [0.15, 0.2) is 11.2 Å². The summed E-state index contributed by atoms with van der Waals surface area (Å²) < 4.78 is 6.95. The Labute approximate surface area is 150 Å². The smallest absolute Gasteiger partial charge is 0.253 e. The van der Waals surface area contributed by atoms with Crippen molar-refractivity contribution in [3.05, 3.63) is 18.2 Å². The van der Waals surface area contributed by atoms with Gasteiger partial charge in [-0.25, -0.2) is 4.98 Å². The molecule has 0 aliphatic carbocycles. The molecule has 5 nitrogen and oxygen atoms in total. The second-order valence-corrected chi connectivity index (χ2v) is 8.06. The van der Waals surface area contributed by atoms with Crippen LogP contribution in [0.5, 0.6) is 0 Å². The molecule has 2 aromatic rings. The Hall–Kier alpha value is -1.31. The molecule has 1 aromatic carbocycles. The zero-order chi connectivity index (χ0) is 16.5. The van der Waals surface area contributed by atoms with Gasteiger partial charge in [0, 0.05) is 24.5 Å². The topological polar surface area (TPSA) is 45.7 Å². The Morgan fingerprint density at radius 1 is 1.33 bits per heavy atom. The zero-order valence-electron chi connectivity index (χ0n) is 13.7. The van der Waals surface area contributed by atoms with Gasteiger partial charge in [-0.2, -0.15) is 0 Å². The molecule has 4 rings (SSSR count). The summed E-state index contributed by atoms with van der Waals surface area (Å²) in [6, 6.07) is 6.37. The number of hydrogen-bond acceptors (Lipinski definition) is 6. The van der Waals surface area contributed by atoms with Crippen molar-refractivity contribution in [3.8, 4) is 0 Å². The molecule has 0 spiro atoms. The number of benzene rings is 1. The first-order valence-electron chi connectivity index (χ1n) is 8.34. The molecule has 24 heavy (non-hydrogen) atoms. The van der Waals surface area contributed by atoms with Crippen LogP contribution in [-0.4, -0.2) is 60.9 Å². The van der Waals surface area contributed by atoms with Crippen LogP contribution in [0.2, 0.25) is 0 Å². The van der Waals surface area contributed by atoms with Gasteiger partial charge >= 0.3 is 0 Å². The van der Waals surface area contributed by atoms with E-state index in [0.717, 1.165) is 43.1 Å². The molecule has 3 heterocycles. The summed E-state index contributed by atoms with van der Waals surface area (Å²) >= 11 is 3.44. The van der Waals surface area contributed by atoms with Crippen molar-refractivity contribution in [2.75, 3.05) is 43.9 Å². The Morgan fingerprint density at radius 3 is 2.96 bits per heavy atom. The van der Waals surface area contributed by atoms with Crippen molar-refractivity contribution in [1.82, 2.24) is 9.88 Å². The third kappa shape index (κ3) is 3.12. The number of ether oxygens (including phenoxy) is 1. The van der Waals surface area contributed by atoms with Gasteiger partial charge in [0.1, 0.15) is 0 Å². The van der Waals surface area contributed by atoms with Gasteiger partial charge in [-0.15, -0.1) is 11.8 Å². The van der Waals surface area contributed by atoms with E-state index in [1.54, 1.807) is 23.1 Å². The van der Waals surface area contributed by atoms with Crippen molar-refractivity contribution >= 4 is 44.4 Å². The molecule has 128 valence electrons. The second kappa shape index (κ2) is 6.90. The number of thioether (sulfide) groups is 1. The summed E-state index contributed by atoms with van der Waals surface area (Å²) in [4.78, 5) is 22.7. The van der Waals surface area contributed by atoms with E-state index in [9.17, 15) is 4.79 Å². The van der Waals surface area contributed by atoms with Crippen LogP contribution in [0.4, 0.5) is 5.13 Å². The van der Waals surface area contributed by atoms with Gasteiger partial charge in [-0.05, 0) is 37.3 Å². The van der Waals surface area contributed by atoms with Crippen LogP contribution in [0, 0.1) is 0 Å². The number of fused-ring (bicyclic) bond motifs is 1. The lowest BCUT2D eigenvalue weighted by atomic mass is 10.2. The number of carbonyl (C=O) groups excluding carboxylic acids is 1. The number of morpholine rings is 1. The Balaban J connectivity index is 1.52. The molecular weight excluding hydrogens is 342 g/mol. The van der Waals surface area contributed by atoms with E-state index >= 15 is 0 Å². The quantitative estimate of drug-likeness (QED) is 0.785. The summed E-state index contributed by atoms with van der Waals surface area (Å²) in [6.07, 6.45) is 3.94. The van der Waals surface area contributed by atoms with Crippen LogP contribution in [0.3, 0.4) is 0 Å². The van der Waals surface area contributed by atoms with E-state index in [1.807, 2.05) is 4.90 Å². The molecule has 1 atom stereocenters. The lowest BCUT2D eigenvalue weighted by Crippen LogP contribution is -2.50. The molecule has 2 aliphatic heterocycles. The fourth-order valence-electron chi connectivity index (χ4n) is 3.27. The fraction of sp³-hybridized carbons (Fsp3) is 0.529. The first kappa shape index (κ1) is 16.2. The summed E-state index contributed by atoms with van der Waals surface area (Å²) in [5.74, 6) is 0.142. The fourth-order valence-corrected chi connectivity index (χ4v) is 4.82. The van der Waals surface area contributed by atoms with Crippen molar-refractivity contribution in [2.45, 2.75) is 23.8 Å². The number of likely N-dealkylation sites (tertiary alicyclic amines) is 1. The zero-order valence-corrected chi connectivity index (χ0v) is 15.4. The highest BCUT2D eigenvalue weighted by atomic mass is 32.2. The highest BCUT2D eigenvalue weighted by molar-refractivity contribution is 7.98. The van der Waals surface area contributed by atoms with Crippen LogP contribution in [0.25, 0.3) is 10.2 Å². The van der Waals surface area contributed by atoms with Gasteiger partial charge in [0.05, 0.1) is 23.4 Å². The van der Waals surface area contributed by atoms with Crippen LogP contribution < -0.4 is 4.90 Å². The van der Waals surface area contributed by atoms with Crippen molar-refractivity contribution in [3.63, 3.8) is 0 Å². The van der Waals surface area contributed by atoms with Gasteiger partial charge < -0.3 is 14.5 Å². The minimum Gasteiger partial charge on any atom is -0.365 e.